The molecule has 0 spiro atoms. The van der Waals surface area contributed by atoms with Gasteiger partial charge in [-0.1, -0.05) is 30.3 Å². The van der Waals surface area contributed by atoms with E-state index in [0.717, 1.165) is 5.39 Å². The Morgan fingerprint density at radius 3 is 2.82 bits per heavy atom. The molecule has 0 radical (unpaired) electrons. The van der Waals surface area contributed by atoms with Crippen LogP contribution in [0.15, 0.2) is 41.5 Å². The lowest BCUT2D eigenvalue weighted by molar-refractivity contribution is 0.249. The molecular formula is C12H10FN3O. The van der Waals surface area contributed by atoms with Crippen LogP contribution in [0.25, 0.3) is 10.8 Å². The number of nitrogens with zero attached hydrogens (tertiary/aromatic N) is 1. The molecule has 17 heavy (non-hydrogen) atoms. The van der Waals surface area contributed by atoms with Gasteiger partial charge in [-0.15, -0.1) is 0 Å². The van der Waals surface area contributed by atoms with E-state index in [-0.39, 0.29) is 11.4 Å². The zero-order valence-electron chi connectivity index (χ0n) is 8.85. The molecule has 4 nitrogen and oxygen atoms in total. The summed E-state index contributed by atoms with van der Waals surface area (Å²) >= 11 is 0. The van der Waals surface area contributed by atoms with Crippen LogP contribution in [0, 0.1) is 5.82 Å². The molecule has 0 saturated carbocycles. The van der Waals surface area contributed by atoms with Gasteiger partial charge in [-0.2, -0.15) is 5.10 Å². The highest BCUT2D eigenvalue weighted by atomic mass is 19.1. The summed E-state index contributed by atoms with van der Waals surface area (Å²) in [7, 11) is 0. The zero-order valence-corrected chi connectivity index (χ0v) is 8.85. The number of halogens is 1. The fraction of sp³-hybridized carbons (Fsp3) is 0. The Labute approximate surface area is 96.9 Å². The number of fused-ring (bicyclic) bond motifs is 1. The third-order valence-electron chi connectivity index (χ3n) is 2.27. The number of primary amides is 1. The van der Waals surface area contributed by atoms with Crippen LogP contribution in [0.4, 0.5) is 9.18 Å². The van der Waals surface area contributed by atoms with Crippen LogP contribution in [-0.4, -0.2) is 12.2 Å². The van der Waals surface area contributed by atoms with Gasteiger partial charge in [0.15, 0.2) is 0 Å². The van der Waals surface area contributed by atoms with Crippen molar-refractivity contribution in [2.75, 3.05) is 0 Å². The molecule has 0 aliphatic carbocycles. The number of amides is 2. The minimum absolute atomic E-state index is 0.289. The largest absolute Gasteiger partial charge is 0.350 e. The smallest absolute Gasteiger partial charge is 0.332 e. The minimum atomic E-state index is -0.789. The van der Waals surface area contributed by atoms with E-state index in [1.165, 1.54) is 6.21 Å². The van der Waals surface area contributed by atoms with Gasteiger partial charge in [0, 0.05) is 10.9 Å². The Morgan fingerprint density at radius 1 is 1.29 bits per heavy atom. The van der Waals surface area contributed by atoms with Gasteiger partial charge in [0.2, 0.25) is 0 Å². The molecule has 0 aliphatic rings. The van der Waals surface area contributed by atoms with E-state index in [1.54, 1.807) is 24.3 Å². The fourth-order valence-corrected chi connectivity index (χ4v) is 1.52. The van der Waals surface area contributed by atoms with Crippen LogP contribution in [0.5, 0.6) is 0 Å². The van der Waals surface area contributed by atoms with Crippen molar-refractivity contribution in [3.05, 3.63) is 47.8 Å². The standard InChI is InChI=1S/C12H10FN3O/c13-11-9(7-15-16-12(14)17)6-5-8-3-1-2-4-10(8)11/h1-7H,(H3,14,16,17). The number of benzene rings is 2. The number of carbonyl (C=O) groups excluding carboxylic acids is 1. The topological polar surface area (TPSA) is 67.5 Å². The first-order chi connectivity index (χ1) is 8.18. The van der Waals surface area contributed by atoms with Gasteiger partial charge in [-0.25, -0.2) is 14.6 Å². The Hall–Kier alpha value is -2.43. The van der Waals surface area contributed by atoms with Crippen molar-refractivity contribution in [2.45, 2.75) is 0 Å². The quantitative estimate of drug-likeness (QED) is 0.602. The lowest BCUT2D eigenvalue weighted by Crippen LogP contribution is -2.24. The summed E-state index contributed by atoms with van der Waals surface area (Å²) in [5.41, 5.74) is 7.13. The number of hydrogen-bond donors (Lipinski definition) is 2. The van der Waals surface area contributed by atoms with Crippen LogP contribution in [-0.2, 0) is 0 Å². The van der Waals surface area contributed by atoms with Crippen LogP contribution in [0.1, 0.15) is 5.56 Å². The average molecular weight is 231 g/mol. The van der Waals surface area contributed by atoms with Crippen LogP contribution < -0.4 is 11.2 Å². The maximum absolute atomic E-state index is 14.0. The highest BCUT2D eigenvalue weighted by Crippen LogP contribution is 2.19. The molecule has 86 valence electrons. The van der Waals surface area contributed by atoms with E-state index in [4.69, 9.17) is 5.73 Å². The molecule has 0 bridgehead atoms. The maximum atomic E-state index is 14.0. The third kappa shape index (κ3) is 2.39. The Balaban J connectivity index is 2.39. The van der Waals surface area contributed by atoms with Crippen LogP contribution in [0.3, 0.4) is 0 Å². The van der Waals surface area contributed by atoms with Gasteiger partial charge in [0.05, 0.1) is 6.21 Å². The molecule has 2 aromatic carbocycles. The zero-order chi connectivity index (χ0) is 12.3. The van der Waals surface area contributed by atoms with E-state index in [2.05, 4.69) is 5.10 Å². The maximum Gasteiger partial charge on any atom is 0.332 e. The lowest BCUT2D eigenvalue weighted by Gasteiger charge is -2.02. The normalized spacial score (nSPS) is 10.9. The molecule has 0 aliphatic heterocycles. The molecule has 3 N–H and O–H groups in total. The summed E-state index contributed by atoms with van der Waals surface area (Å²) in [5.74, 6) is -0.377. The number of nitrogens with one attached hydrogen (secondary N) is 1. The molecule has 0 saturated heterocycles. The predicted octanol–water partition coefficient (Wildman–Crippen LogP) is 1.98. The van der Waals surface area contributed by atoms with E-state index in [1.807, 2.05) is 17.6 Å². The third-order valence-corrected chi connectivity index (χ3v) is 2.27. The number of nitrogens with two attached hydrogens (primary N) is 1. The predicted molar refractivity (Wildman–Crippen MR) is 64.2 cm³/mol. The van der Waals surface area contributed by atoms with Gasteiger partial charge < -0.3 is 5.73 Å². The van der Waals surface area contributed by atoms with Crippen molar-refractivity contribution in [1.29, 1.82) is 0 Å². The summed E-state index contributed by atoms with van der Waals surface area (Å²) in [5, 5.41) is 4.84. The average Bonchev–Trinajstić information content (AvgIpc) is 2.32. The summed E-state index contributed by atoms with van der Waals surface area (Å²) in [6.07, 6.45) is 1.21. The van der Waals surface area contributed by atoms with Gasteiger partial charge in [0.25, 0.3) is 0 Å². The molecule has 2 amide bonds. The second kappa shape index (κ2) is 4.61. The highest BCUT2D eigenvalue weighted by molar-refractivity contribution is 5.91. The molecule has 0 unspecified atom stereocenters. The van der Waals surface area contributed by atoms with E-state index >= 15 is 0 Å². The van der Waals surface area contributed by atoms with Crippen molar-refractivity contribution in [2.24, 2.45) is 10.8 Å². The number of hydrazone groups is 1. The second-order valence-electron chi connectivity index (χ2n) is 3.42. The van der Waals surface area contributed by atoms with E-state index in [0.29, 0.717) is 5.39 Å². The van der Waals surface area contributed by atoms with Crippen molar-refractivity contribution >= 4 is 23.0 Å². The second-order valence-corrected chi connectivity index (χ2v) is 3.42. The van der Waals surface area contributed by atoms with Gasteiger partial charge in [0.1, 0.15) is 5.82 Å². The van der Waals surface area contributed by atoms with Gasteiger partial charge in [-0.3, -0.25) is 0 Å². The number of rotatable bonds is 2. The van der Waals surface area contributed by atoms with Crippen molar-refractivity contribution in [3.8, 4) is 0 Å². The minimum Gasteiger partial charge on any atom is -0.350 e. The summed E-state index contributed by atoms with van der Waals surface area (Å²) in [6.45, 7) is 0. The fourth-order valence-electron chi connectivity index (χ4n) is 1.52. The van der Waals surface area contributed by atoms with Crippen LogP contribution in [0.2, 0.25) is 0 Å². The number of carbonyl (C=O) groups is 1. The molecule has 0 fully saturated rings. The van der Waals surface area contributed by atoms with E-state index in [9.17, 15) is 9.18 Å². The molecule has 0 heterocycles. The first kappa shape index (κ1) is 11.1. The SMILES string of the molecule is NC(=O)NN=Cc1ccc2ccccc2c1F. The molecular weight excluding hydrogens is 221 g/mol. The van der Waals surface area contributed by atoms with Crippen molar-refractivity contribution in [3.63, 3.8) is 0 Å². The Kier molecular flexibility index (Phi) is 3.00. The monoisotopic (exact) mass is 231 g/mol. The highest BCUT2D eigenvalue weighted by Gasteiger charge is 2.04. The van der Waals surface area contributed by atoms with Crippen LogP contribution >= 0.6 is 0 Å². The van der Waals surface area contributed by atoms with Crippen molar-refractivity contribution in [1.82, 2.24) is 5.43 Å². The lowest BCUT2D eigenvalue weighted by atomic mass is 10.1. The van der Waals surface area contributed by atoms with Crippen molar-refractivity contribution < 1.29 is 9.18 Å². The Bertz CT molecular complexity index is 595. The van der Waals surface area contributed by atoms with Gasteiger partial charge >= 0.3 is 6.03 Å². The first-order valence-electron chi connectivity index (χ1n) is 4.94. The molecule has 2 aromatic rings. The van der Waals surface area contributed by atoms with Gasteiger partial charge in [-0.05, 0) is 11.5 Å². The summed E-state index contributed by atoms with van der Waals surface area (Å²) in [4.78, 5) is 10.4. The first-order valence-corrected chi connectivity index (χ1v) is 4.94. The summed E-state index contributed by atoms with van der Waals surface area (Å²) < 4.78 is 14.0. The van der Waals surface area contributed by atoms with E-state index < -0.39 is 6.03 Å². The molecule has 0 atom stereocenters. The molecule has 5 heteroatoms. The summed E-state index contributed by atoms with van der Waals surface area (Å²) in [6, 6.07) is 9.68. The molecule has 0 aromatic heterocycles. The molecule has 2 rings (SSSR count). The Morgan fingerprint density at radius 2 is 2.06 bits per heavy atom. The number of urea groups is 1. The number of hydrogen-bond acceptors (Lipinski definition) is 2.